The molecule has 28 heavy (non-hydrogen) atoms. The molecule has 1 unspecified atom stereocenters. The molecule has 1 atom stereocenters. The number of ether oxygens (including phenoxy) is 1. The fourth-order valence-corrected chi connectivity index (χ4v) is 3.88. The largest absolute Gasteiger partial charge is 0.497 e. The zero-order valence-corrected chi connectivity index (χ0v) is 17.1. The van der Waals surface area contributed by atoms with Crippen molar-refractivity contribution in [2.24, 2.45) is 0 Å². The third-order valence-electron chi connectivity index (χ3n) is 5.43. The number of likely N-dealkylation sites (tertiary alicyclic amines) is 1. The second-order valence-corrected chi connectivity index (χ2v) is 7.99. The Hall–Kier alpha value is -2.56. The molecule has 3 rings (SSSR count). The lowest BCUT2D eigenvalue weighted by Crippen LogP contribution is -2.55. The Morgan fingerprint density at radius 2 is 2.00 bits per heavy atom. The van der Waals surface area contributed by atoms with Gasteiger partial charge in [-0.25, -0.2) is 0 Å². The maximum atomic E-state index is 13.4. The average Bonchev–Trinajstić information content (AvgIpc) is 2.73. The Bertz CT molecular complexity index is 759. The first kappa shape index (κ1) is 20.2. The van der Waals surface area contributed by atoms with Crippen LogP contribution in [0.4, 0.5) is 5.69 Å². The number of nitrogens with one attached hydrogen (secondary N) is 1. The van der Waals surface area contributed by atoms with E-state index in [0.717, 1.165) is 49.4 Å². The van der Waals surface area contributed by atoms with Gasteiger partial charge in [-0.15, -0.1) is 0 Å². The summed E-state index contributed by atoms with van der Waals surface area (Å²) >= 11 is 0. The number of aromatic nitrogens is 1. The highest BCUT2D eigenvalue weighted by molar-refractivity contribution is 5.89. The monoisotopic (exact) mass is 381 g/mol. The molecule has 1 fully saturated rings. The minimum atomic E-state index is -0.671. The van der Waals surface area contributed by atoms with Crippen molar-refractivity contribution in [1.82, 2.24) is 9.88 Å². The average molecular weight is 382 g/mol. The number of amides is 1. The topological polar surface area (TPSA) is 54.5 Å². The molecule has 1 N–H and O–H groups in total. The van der Waals surface area contributed by atoms with E-state index in [1.807, 2.05) is 56.4 Å². The lowest BCUT2D eigenvalue weighted by Gasteiger charge is -2.41. The molecular weight excluding hydrogens is 350 g/mol. The van der Waals surface area contributed by atoms with Gasteiger partial charge in [-0.05, 0) is 82.3 Å². The van der Waals surface area contributed by atoms with Crippen LogP contribution in [0.5, 0.6) is 5.75 Å². The van der Waals surface area contributed by atoms with Gasteiger partial charge >= 0.3 is 0 Å². The molecule has 0 aliphatic carbocycles. The summed E-state index contributed by atoms with van der Waals surface area (Å²) in [5.74, 6) is 0.967. The van der Waals surface area contributed by atoms with Crippen LogP contribution < -0.4 is 10.1 Å². The SMILES string of the molecule is COc1ccc(NC(C)(C)C(=O)N2CCCCC2CCc2ccccn2)cc1. The predicted molar refractivity (Wildman–Crippen MR) is 113 cm³/mol. The van der Waals surface area contributed by atoms with Crippen molar-refractivity contribution in [3.05, 3.63) is 54.4 Å². The Morgan fingerprint density at radius 1 is 1.21 bits per heavy atom. The van der Waals surface area contributed by atoms with Crippen molar-refractivity contribution >= 4 is 11.6 Å². The minimum Gasteiger partial charge on any atom is -0.497 e. The zero-order valence-electron chi connectivity index (χ0n) is 17.1. The molecule has 5 heteroatoms. The van der Waals surface area contributed by atoms with Crippen LogP contribution in [0.2, 0.25) is 0 Å². The summed E-state index contributed by atoms with van der Waals surface area (Å²) in [6, 6.07) is 14.0. The number of hydrogen-bond acceptors (Lipinski definition) is 4. The van der Waals surface area contributed by atoms with E-state index in [0.29, 0.717) is 0 Å². The van der Waals surface area contributed by atoms with Gasteiger partial charge in [0, 0.05) is 30.2 Å². The van der Waals surface area contributed by atoms with E-state index < -0.39 is 5.54 Å². The number of benzene rings is 1. The lowest BCUT2D eigenvalue weighted by molar-refractivity contribution is -0.138. The molecule has 0 spiro atoms. The molecule has 0 radical (unpaired) electrons. The summed E-state index contributed by atoms with van der Waals surface area (Å²) in [5, 5.41) is 3.40. The molecule has 1 saturated heterocycles. The Balaban J connectivity index is 1.66. The highest BCUT2D eigenvalue weighted by atomic mass is 16.5. The second-order valence-electron chi connectivity index (χ2n) is 7.99. The number of aryl methyl sites for hydroxylation is 1. The van der Waals surface area contributed by atoms with Crippen LogP contribution in [0.1, 0.15) is 45.2 Å². The standard InChI is InChI=1S/C23H31N3O2/c1-23(2,25-19-11-14-21(28-3)15-12-19)22(27)26-17-7-5-9-20(26)13-10-18-8-4-6-16-24-18/h4,6,8,11-12,14-16,20,25H,5,7,9-10,13,17H2,1-3H3. The van der Waals surface area contributed by atoms with E-state index in [4.69, 9.17) is 4.74 Å². The van der Waals surface area contributed by atoms with Crippen molar-refractivity contribution in [3.63, 3.8) is 0 Å². The molecule has 0 bridgehead atoms. The quantitative estimate of drug-likeness (QED) is 0.777. The highest BCUT2D eigenvalue weighted by Crippen LogP contribution is 2.26. The minimum absolute atomic E-state index is 0.161. The van der Waals surface area contributed by atoms with Gasteiger partial charge in [0.15, 0.2) is 0 Å². The maximum absolute atomic E-state index is 13.4. The van der Waals surface area contributed by atoms with Crippen molar-refractivity contribution in [3.8, 4) is 5.75 Å². The number of pyridine rings is 1. The molecule has 150 valence electrons. The number of carbonyl (C=O) groups excluding carboxylic acids is 1. The van der Waals surface area contributed by atoms with Gasteiger partial charge in [0.1, 0.15) is 11.3 Å². The first-order valence-electron chi connectivity index (χ1n) is 10.1. The number of nitrogens with zero attached hydrogens (tertiary/aromatic N) is 2. The Labute approximate surface area is 168 Å². The van der Waals surface area contributed by atoms with E-state index in [9.17, 15) is 4.79 Å². The number of rotatable bonds is 7. The van der Waals surface area contributed by atoms with Gasteiger partial charge < -0.3 is 15.0 Å². The van der Waals surface area contributed by atoms with Crippen molar-refractivity contribution < 1.29 is 9.53 Å². The fourth-order valence-electron chi connectivity index (χ4n) is 3.88. The maximum Gasteiger partial charge on any atom is 0.247 e. The van der Waals surface area contributed by atoms with Crippen LogP contribution in [0.15, 0.2) is 48.7 Å². The normalized spacial score (nSPS) is 17.2. The molecule has 1 aromatic carbocycles. The number of carbonyl (C=O) groups is 1. The Morgan fingerprint density at radius 3 is 2.68 bits per heavy atom. The summed E-state index contributed by atoms with van der Waals surface area (Å²) < 4.78 is 5.21. The van der Waals surface area contributed by atoms with E-state index in [2.05, 4.69) is 21.3 Å². The van der Waals surface area contributed by atoms with Crippen LogP contribution in [0.3, 0.4) is 0 Å². The van der Waals surface area contributed by atoms with Gasteiger partial charge in [0.25, 0.3) is 0 Å². The molecule has 2 heterocycles. The second kappa shape index (κ2) is 9.09. The van der Waals surface area contributed by atoms with Crippen molar-refractivity contribution in [2.45, 2.75) is 57.5 Å². The third kappa shape index (κ3) is 5.03. The Kier molecular flexibility index (Phi) is 6.55. The highest BCUT2D eigenvalue weighted by Gasteiger charge is 2.36. The van der Waals surface area contributed by atoms with Crippen LogP contribution in [-0.2, 0) is 11.2 Å². The van der Waals surface area contributed by atoms with E-state index >= 15 is 0 Å². The molecule has 2 aromatic rings. The van der Waals surface area contributed by atoms with E-state index in [-0.39, 0.29) is 11.9 Å². The molecule has 1 aliphatic rings. The van der Waals surface area contributed by atoms with E-state index in [1.165, 1.54) is 6.42 Å². The first-order chi connectivity index (χ1) is 13.5. The molecular formula is C23H31N3O2. The van der Waals surface area contributed by atoms with Gasteiger partial charge in [-0.2, -0.15) is 0 Å². The summed E-state index contributed by atoms with van der Waals surface area (Å²) in [7, 11) is 1.65. The van der Waals surface area contributed by atoms with Crippen LogP contribution in [0, 0.1) is 0 Å². The first-order valence-corrected chi connectivity index (χ1v) is 10.1. The molecule has 1 aromatic heterocycles. The number of hydrogen-bond donors (Lipinski definition) is 1. The summed E-state index contributed by atoms with van der Waals surface area (Å²) in [4.78, 5) is 19.9. The van der Waals surface area contributed by atoms with Gasteiger partial charge in [0.2, 0.25) is 5.91 Å². The summed E-state index contributed by atoms with van der Waals surface area (Å²) in [5.41, 5.74) is 1.34. The molecule has 5 nitrogen and oxygen atoms in total. The fraction of sp³-hybridized carbons (Fsp3) is 0.478. The molecule has 1 amide bonds. The summed E-state index contributed by atoms with van der Waals surface area (Å²) in [6.07, 6.45) is 7.02. The lowest BCUT2D eigenvalue weighted by atomic mass is 9.93. The number of methoxy groups -OCH3 is 1. The third-order valence-corrected chi connectivity index (χ3v) is 5.43. The predicted octanol–water partition coefficient (Wildman–Crippen LogP) is 4.29. The smallest absolute Gasteiger partial charge is 0.247 e. The van der Waals surface area contributed by atoms with E-state index in [1.54, 1.807) is 7.11 Å². The summed E-state index contributed by atoms with van der Waals surface area (Å²) in [6.45, 7) is 4.76. The zero-order chi connectivity index (χ0) is 20.0. The van der Waals surface area contributed by atoms with Gasteiger partial charge in [-0.3, -0.25) is 9.78 Å². The molecule has 0 saturated carbocycles. The van der Waals surface area contributed by atoms with Crippen molar-refractivity contribution in [2.75, 3.05) is 19.0 Å². The molecule has 1 aliphatic heterocycles. The number of piperidine rings is 1. The number of anilines is 1. The van der Waals surface area contributed by atoms with Crippen LogP contribution >= 0.6 is 0 Å². The van der Waals surface area contributed by atoms with Crippen LogP contribution in [0.25, 0.3) is 0 Å². The van der Waals surface area contributed by atoms with Crippen LogP contribution in [-0.4, -0.2) is 41.0 Å². The van der Waals surface area contributed by atoms with Gasteiger partial charge in [0.05, 0.1) is 7.11 Å². The van der Waals surface area contributed by atoms with Gasteiger partial charge in [-0.1, -0.05) is 6.07 Å². The van der Waals surface area contributed by atoms with Crippen molar-refractivity contribution in [1.29, 1.82) is 0 Å².